The maximum atomic E-state index is 13.8. The van der Waals surface area contributed by atoms with Gasteiger partial charge in [0.05, 0.1) is 43.5 Å². The molecule has 350 valence electrons. The molecule has 0 amide bonds. The Morgan fingerprint density at radius 3 is 1.98 bits per heavy atom. The third-order valence-electron chi connectivity index (χ3n) is 12.0. The van der Waals surface area contributed by atoms with Gasteiger partial charge in [-0.05, 0) is 66.1 Å². The Balaban J connectivity index is 2.02. The van der Waals surface area contributed by atoms with Crippen LogP contribution in [-0.4, -0.2) is 167 Å². The lowest BCUT2D eigenvalue weighted by Gasteiger charge is -2.48. The fraction of sp³-hybridized carbons (Fsp3) is 0.818. The number of rotatable bonds is 14. The number of methoxy groups -OCH3 is 3. The van der Waals surface area contributed by atoms with E-state index in [1.807, 2.05) is 26.8 Å². The number of carbonyl (C=O) groups excluding carboxylic acids is 4. The van der Waals surface area contributed by atoms with Crippen molar-refractivity contribution in [2.75, 3.05) is 48.6 Å². The standard InChI is InChI=1S/C44H73NO16/c1-14-34-31(22-55-43-42(54-13)41(53-12)39(52-11)27(6)56-43)19-23(2)15-16-32(49)24(3)20-30(17-18-46)37(25(4)33(50)21-35(51)60-34)61-44-40(59-29(8)48)36(45(9)10)38(26(5)57-44)58-28(7)47/h15-16,19,24-27,30-31,33-34,36-44,46,50H,14,17-18,20-22H2,1-13H3/b16-15+,23-19+/t24-,25+,26-,27-,30+,31-,33-,34-,36+,37-,38-,39-,40-,41-,42-,43?,44?/m1/s1. The summed E-state index contributed by atoms with van der Waals surface area (Å²) < 4.78 is 60.3. The Kier molecular flexibility index (Phi) is 21.4. The minimum Gasteiger partial charge on any atom is -0.462 e. The normalized spacial score (nSPS) is 39.8. The first-order valence-electron chi connectivity index (χ1n) is 21.4. The number of hydrogen-bond donors (Lipinski definition) is 2. The SMILES string of the molecule is CC[C@H]1OC(=O)C[C@@H](O)[C@H](C)[C@@H](OC2O[C@H](C)[C@@H](OC(C)=O)[C@H](N(C)C)[C@H]2OC(C)=O)[C@@H](CCO)C[C@@H](C)C(=O)/C=C/C(C)=C/[C@@H]1COC1O[C@H](C)[C@@H](OC)[C@@H](OC)[C@H]1OC. The predicted molar refractivity (Wildman–Crippen MR) is 221 cm³/mol. The molecule has 0 saturated carbocycles. The van der Waals surface area contributed by atoms with E-state index in [0.29, 0.717) is 6.42 Å². The van der Waals surface area contributed by atoms with Crippen molar-refractivity contribution < 1.29 is 76.8 Å². The van der Waals surface area contributed by atoms with E-state index < -0.39 is 128 Å². The Morgan fingerprint density at radius 1 is 0.836 bits per heavy atom. The van der Waals surface area contributed by atoms with Crippen molar-refractivity contribution >= 4 is 23.7 Å². The largest absolute Gasteiger partial charge is 0.462 e. The van der Waals surface area contributed by atoms with Crippen LogP contribution in [0.25, 0.3) is 0 Å². The molecular weight excluding hydrogens is 798 g/mol. The zero-order valence-corrected chi connectivity index (χ0v) is 38.3. The molecule has 0 aliphatic carbocycles. The number of aliphatic hydroxyl groups is 2. The van der Waals surface area contributed by atoms with E-state index in [1.165, 1.54) is 27.0 Å². The highest BCUT2D eigenvalue weighted by atomic mass is 16.7. The van der Waals surface area contributed by atoms with Gasteiger partial charge in [0.2, 0.25) is 0 Å². The predicted octanol–water partition coefficient (Wildman–Crippen LogP) is 3.15. The first kappa shape index (κ1) is 52.5. The lowest BCUT2D eigenvalue weighted by molar-refractivity contribution is -0.308. The molecule has 3 aliphatic rings. The van der Waals surface area contributed by atoms with Gasteiger partial charge in [-0.25, -0.2) is 0 Å². The smallest absolute Gasteiger partial charge is 0.308 e. The van der Waals surface area contributed by atoms with Gasteiger partial charge in [-0.2, -0.15) is 0 Å². The van der Waals surface area contributed by atoms with E-state index in [2.05, 4.69) is 0 Å². The Hall–Kier alpha value is -2.84. The molecule has 0 aromatic heterocycles. The number of allylic oxidation sites excluding steroid dienone is 3. The van der Waals surface area contributed by atoms with Crippen molar-refractivity contribution in [1.82, 2.24) is 4.90 Å². The van der Waals surface area contributed by atoms with Gasteiger partial charge in [0, 0.05) is 59.5 Å². The first-order valence-corrected chi connectivity index (χ1v) is 21.4. The van der Waals surface area contributed by atoms with Crippen molar-refractivity contribution in [3.05, 3.63) is 23.8 Å². The Morgan fingerprint density at radius 2 is 1.43 bits per heavy atom. The van der Waals surface area contributed by atoms with Crippen LogP contribution in [0.4, 0.5) is 0 Å². The minimum atomic E-state index is -1.33. The Bertz CT molecular complexity index is 1470. The first-order chi connectivity index (χ1) is 28.8. The maximum absolute atomic E-state index is 13.8. The molecule has 17 nitrogen and oxygen atoms in total. The van der Waals surface area contributed by atoms with Crippen LogP contribution in [0.5, 0.6) is 0 Å². The van der Waals surface area contributed by atoms with Crippen LogP contribution in [0.1, 0.15) is 81.1 Å². The van der Waals surface area contributed by atoms with Gasteiger partial charge in [0.15, 0.2) is 24.5 Å². The van der Waals surface area contributed by atoms with Gasteiger partial charge in [-0.1, -0.05) is 38.5 Å². The topological polar surface area (TPSA) is 204 Å². The van der Waals surface area contributed by atoms with Crippen LogP contribution < -0.4 is 0 Å². The molecule has 17 heteroatoms. The van der Waals surface area contributed by atoms with Crippen molar-refractivity contribution in [3.63, 3.8) is 0 Å². The van der Waals surface area contributed by atoms with E-state index in [-0.39, 0.29) is 31.8 Å². The molecule has 17 atom stereocenters. The van der Waals surface area contributed by atoms with E-state index in [1.54, 1.807) is 60.1 Å². The summed E-state index contributed by atoms with van der Waals surface area (Å²) in [5, 5.41) is 22.1. The molecule has 0 aromatic carbocycles. The maximum Gasteiger partial charge on any atom is 0.308 e. The summed E-state index contributed by atoms with van der Waals surface area (Å²) in [7, 11) is 8.17. The second kappa shape index (κ2) is 24.9. The van der Waals surface area contributed by atoms with Crippen LogP contribution in [0.15, 0.2) is 23.8 Å². The minimum absolute atomic E-state index is 0.0416. The summed E-state index contributed by atoms with van der Waals surface area (Å²) in [5.41, 5.74) is 0.718. The molecule has 2 saturated heterocycles. The van der Waals surface area contributed by atoms with Crippen LogP contribution in [-0.2, 0) is 66.5 Å². The monoisotopic (exact) mass is 871 g/mol. The number of nitrogens with zero attached hydrogens (tertiary/aromatic N) is 1. The average molecular weight is 872 g/mol. The summed E-state index contributed by atoms with van der Waals surface area (Å²) in [6.07, 6.45) is -4.22. The molecule has 0 bridgehead atoms. The summed E-state index contributed by atoms with van der Waals surface area (Å²) in [6, 6.07) is -0.707. The van der Waals surface area contributed by atoms with E-state index in [4.69, 9.17) is 47.4 Å². The number of ether oxygens (including phenoxy) is 10. The molecule has 0 spiro atoms. The van der Waals surface area contributed by atoms with Gasteiger partial charge in [-0.15, -0.1) is 0 Å². The van der Waals surface area contributed by atoms with E-state index in [9.17, 15) is 29.4 Å². The van der Waals surface area contributed by atoms with E-state index in [0.717, 1.165) is 5.57 Å². The highest BCUT2D eigenvalue weighted by Crippen LogP contribution is 2.36. The molecule has 61 heavy (non-hydrogen) atoms. The zero-order chi connectivity index (χ0) is 45.7. The third-order valence-corrected chi connectivity index (χ3v) is 12.0. The molecule has 0 radical (unpaired) electrons. The van der Waals surface area contributed by atoms with Crippen molar-refractivity contribution in [1.29, 1.82) is 0 Å². The number of cyclic esters (lactones) is 1. The Labute approximate surface area is 361 Å². The highest BCUT2D eigenvalue weighted by Gasteiger charge is 2.52. The van der Waals surface area contributed by atoms with Crippen LogP contribution in [0.2, 0.25) is 0 Å². The van der Waals surface area contributed by atoms with Crippen molar-refractivity contribution in [2.24, 2.45) is 23.7 Å². The molecule has 0 aromatic rings. The third kappa shape index (κ3) is 14.3. The van der Waals surface area contributed by atoms with Crippen LogP contribution in [0, 0.1) is 23.7 Å². The van der Waals surface area contributed by atoms with E-state index >= 15 is 0 Å². The molecule has 3 aliphatic heterocycles. The number of ketones is 1. The molecule has 2 N–H and O–H groups in total. The van der Waals surface area contributed by atoms with Gasteiger partial charge in [-0.3, -0.25) is 24.1 Å². The average Bonchev–Trinajstić information content (AvgIpc) is 3.19. The van der Waals surface area contributed by atoms with Crippen molar-refractivity contribution in [2.45, 2.75) is 161 Å². The fourth-order valence-corrected chi connectivity index (χ4v) is 8.79. The number of esters is 3. The molecule has 2 fully saturated rings. The number of aliphatic hydroxyl groups excluding tert-OH is 2. The lowest BCUT2D eigenvalue weighted by atomic mass is 9.79. The number of carbonyl (C=O) groups is 4. The fourth-order valence-electron chi connectivity index (χ4n) is 8.79. The number of hydrogen-bond acceptors (Lipinski definition) is 17. The summed E-state index contributed by atoms with van der Waals surface area (Å²) in [4.78, 5) is 54.0. The zero-order valence-electron chi connectivity index (χ0n) is 38.3. The summed E-state index contributed by atoms with van der Waals surface area (Å²) >= 11 is 0. The van der Waals surface area contributed by atoms with Crippen molar-refractivity contribution in [3.8, 4) is 0 Å². The summed E-state index contributed by atoms with van der Waals surface area (Å²) in [6.45, 7) is 13.1. The van der Waals surface area contributed by atoms with Gasteiger partial charge in [0.25, 0.3) is 0 Å². The molecular formula is C44H73NO16. The highest BCUT2D eigenvalue weighted by molar-refractivity contribution is 5.91. The number of likely N-dealkylation sites (N-methyl/N-ethyl adjacent to an activating group) is 1. The second-order valence-electron chi connectivity index (χ2n) is 16.8. The second-order valence-corrected chi connectivity index (χ2v) is 16.8. The molecule has 2 unspecified atom stereocenters. The van der Waals surface area contributed by atoms with Crippen LogP contribution in [0.3, 0.4) is 0 Å². The van der Waals surface area contributed by atoms with Gasteiger partial charge in [0.1, 0.15) is 30.5 Å². The molecule has 3 heterocycles. The van der Waals surface area contributed by atoms with Gasteiger partial charge >= 0.3 is 17.9 Å². The summed E-state index contributed by atoms with van der Waals surface area (Å²) in [5.74, 6) is -4.45. The van der Waals surface area contributed by atoms with Crippen LogP contribution >= 0.6 is 0 Å². The molecule has 3 rings (SSSR count). The quantitative estimate of drug-likeness (QED) is 0.190. The lowest BCUT2D eigenvalue weighted by Crippen LogP contribution is -2.65. The van der Waals surface area contributed by atoms with Gasteiger partial charge < -0.3 is 57.6 Å².